The maximum absolute atomic E-state index is 4.64. The van der Waals surface area contributed by atoms with Crippen molar-refractivity contribution < 1.29 is 0 Å². The second-order valence-corrected chi connectivity index (χ2v) is 5.21. The smallest absolute Gasteiger partial charge is 0.183 e. The number of thiophene rings is 1. The molecule has 1 aromatic carbocycles. The monoisotopic (exact) mass is 266 g/mol. The number of rotatable bonds is 1. The lowest BCUT2D eigenvalue weighted by molar-refractivity contribution is 0.937. The highest BCUT2D eigenvalue weighted by molar-refractivity contribution is 7.08. The number of aryl methyl sites for hydroxylation is 1. The Balaban J connectivity index is 2.09. The molecule has 0 saturated heterocycles. The van der Waals surface area contributed by atoms with Gasteiger partial charge in [-0.05, 0) is 30.0 Å². The topological polar surface area (TPSA) is 43.1 Å². The van der Waals surface area contributed by atoms with E-state index in [9.17, 15) is 0 Å². The van der Waals surface area contributed by atoms with E-state index in [2.05, 4.69) is 33.4 Å². The molecule has 4 rings (SSSR count). The van der Waals surface area contributed by atoms with E-state index in [-0.39, 0.29) is 0 Å². The first-order valence-corrected chi connectivity index (χ1v) is 6.90. The van der Waals surface area contributed by atoms with Crippen molar-refractivity contribution in [3.8, 4) is 11.4 Å². The highest BCUT2D eigenvalue weighted by Gasteiger charge is 2.10. The van der Waals surface area contributed by atoms with E-state index in [0.717, 1.165) is 33.5 Å². The van der Waals surface area contributed by atoms with E-state index in [1.807, 2.05) is 23.6 Å². The minimum Gasteiger partial charge on any atom is -0.236 e. The van der Waals surface area contributed by atoms with Crippen LogP contribution in [0.5, 0.6) is 0 Å². The molecule has 0 bridgehead atoms. The maximum atomic E-state index is 4.64. The van der Waals surface area contributed by atoms with Crippen molar-refractivity contribution in [2.75, 3.05) is 0 Å². The van der Waals surface area contributed by atoms with E-state index in [1.54, 1.807) is 22.2 Å². The summed E-state index contributed by atoms with van der Waals surface area (Å²) in [6.45, 7) is 2.06. The zero-order valence-electron chi connectivity index (χ0n) is 10.2. The van der Waals surface area contributed by atoms with E-state index in [0.29, 0.717) is 0 Å². The molecule has 0 atom stereocenters. The molecule has 0 radical (unpaired) electrons. The number of hydrogen-bond acceptors (Lipinski definition) is 4. The van der Waals surface area contributed by atoms with Crippen molar-refractivity contribution in [3.63, 3.8) is 0 Å². The second-order valence-electron chi connectivity index (χ2n) is 4.43. The SMILES string of the molecule is Cc1cccc2c1ncn1nc(-c3ccsc3)nc21. The predicted molar refractivity (Wildman–Crippen MR) is 76.3 cm³/mol. The van der Waals surface area contributed by atoms with Crippen molar-refractivity contribution in [1.29, 1.82) is 0 Å². The van der Waals surface area contributed by atoms with Gasteiger partial charge >= 0.3 is 0 Å². The van der Waals surface area contributed by atoms with Gasteiger partial charge in [-0.2, -0.15) is 11.3 Å². The van der Waals surface area contributed by atoms with Crippen LogP contribution >= 0.6 is 11.3 Å². The normalized spacial score (nSPS) is 11.4. The number of nitrogens with zero attached hydrogens (tertiary/aromatic N) is 4. The zero-order valence-corrected chi connectivity index (χ0v) is 11.1. The molecule has 5 heteroatoms. The standard InChI is InChI=1S/C14H10N4S/c1-9-3-2-4-11-12(9)15-8-18-14(11)16-13(17-18)10-5-6-19-7-10/h2-8H,1H3. The first-order chi connectivity index (χ1) is 9.33. The van der Waals surface area contributed by atoms with E-state index >= 15 is 0 Å². The van der Waals surface area contributed by atoms with Gasteiger partial charge in [-0.15, -0.1) is 5.10 Å². The van der Waals surface area contributed by atoms with Crippen LogP contribution in [0.25, 0.3) is 27.9 Å². The maximum Gasteiger partial charge on any atom is 0.183 e. The minimum atomic E-state index is 0.747. The van der Waals surface area contributed by atoms with Crippen molar-refractivity contribution in [2.45, 2.75) is 6.92 Å². The molecule has 3 aromatic heterocycles. The molecule has 4 nitrogen and oxygen atoms in total. The molecule has 0 fully saturated rings. The molecule has 4 aromatic rings. The van der Waals surface area contributed by atoms with Gasteiger partial charge in [-0.1, -0.05) is 12.1 Å². The Labute approximate surface area is 113 Å². The molecule has 0 aliphatic heterocycles. The Morgan fingerprint density at radius 3 is 3.00 bits per heavy atom. The highest BCUT2D eigenvalue weighted by Crippen LogP contribution is 2.23. The molecule has 92 valence electrons. The summed E-state index contributed by atoms with van der Waals surface area (Å²) in [6.07, 6.45) is 1.73. The van der Waals surface area contributed by atoms with Gasteiger partial charge in [0.15, 0.2) is 11.5 Å². The molecular weight excluding hydrogens is 256 g/mol. The quantitative estimate of drug-likeness (QED) is 0.531. The molecule has 0 N–H and O–H groups in total. The van der Waals surface area contributed by atoms with Gasteiger partial charge in [0.2, 0.25) is 0 Å². The third-order valence-electron chi connectivity index (χ3n) is 3.19. The van der Waals surface area contributed by atoms with Gasteiger partial charge in [-0.3, -0.25) is 0 Å². The Kier molecular flexibility index (Phi) is 2.16. The summed E-state index contributed by atoms with van der Waals surface area (Å²) in [6, 6.07) is 8.15. The van der Waals surface area contributed by atoms with Crippen LogP contribution in [0.1, 0.15) is 5.56 Å². The molecule has 19 heavy (non-hydrogen) atoms. The zero-order chi connectivity index (χ0) is 12.8. The fraction of sp³-hybridized carbons (Fsp3) is 0.0714. The van der Waals surface area contributed by atoms with Gasteiger partial charge in [-0.25, -0.2) is 14.5 Å². The Hall–Kier alpha value is -2.27. The van der Waals surface area contributed by atoms with E-state index in [1.165, 1.54) is 0 Å². The summed E-state index contributed by atoms with van der Waals surface area (Å²) in [5.41, 5.74) is 4.05. The van der Waals surface area contributed by atoms with Crippen molar-refractivity contribution in [2.24, 2.45) is 0 Å². The third-order valence-corrected chi connectivity index (χ3v) is 3.87. The van der Waals surface area contributed by atoms with Crippen LogP contribution in [0, 0.1) is 6.92 Å². The first-order valence-electron chi connectivity index (χ1n) is 5.96. The van der Waals surface area contributed by atoms with Gasteiger partial charge in [0.05, 0.1) is 5.52 Å². The van der Waals surface area contributed by atoms with Gasteiger partial charge in [0, 0.05) is 16.3 Å². The highest BCUT2D eigenvalue weighted by atomic mass is 32.1. The van der Waals surface area contributed by atoms with E-state index < -0.39 is 0 Å². The molecule has 0 amide bonds. The van der Waals surface area contributed by atoms with E-state index in [4.69, 9.17) is 0 Å². The summed E-state index contributed by atoms with van der Waals surface area (Å²) in [5, 5.41) is 9.60. The van der Waals surface area contributed by atoms with Gasteiger partial charge in [0.25, 0.3) is 0 Å². The average Bonchev–Trinajstić information content (AvgIpc) is 3.08. The largest absolute Gasteiger partial charge is 0.236 e. The van der Waals surface area contributed by atoms with Crippen molar-refractivity contribution >= 4 is 27.9 Å². The van der Waals surface area contributed by atoms with Crippen LogP contribution in [0.15, 0.2) is 41.4 Å². The van der Waals surface area contributed by atoms with Crippen LogP contribution in [0.4, 0.5) is 0 Å². The number of fused-ring (bicyclic) bond motifs is 3. The summed E-state index contributed by atoms with van der Waals surface area (Å²) in [4.78, 5) is 9.11. The Morgan fingerprint density at radius 1 is 1.21 bits per heavy atom. The lowest BCUT2D eigenvalue weighted by Crippen LogP contribution is -1.92. The van der Waals surface area contributed by atoms with Gasteiger partial charge in [0.1, 0.15) is 6.33 Å². The fourth-order valence-corrected chi connectivity index (χ4v) is 2.86. The Bertz CT molecular complexity index is 877. The fourth-order valence-electron chi connectivity index (χ4n) is 2.22. The molecular formula is C14H10N4S. The lowest BCUT2D eigenvalue weighted by atomic mass is 10.1. The van der Waals surface area contributed by atoms with Crippen molar-refractivity contribution in [1.82, 2.24) is 19.6 Å². The molecule has 0 aliphatic carbocycles. The molecule has 0 saturated carbocycles. The van der Waals surface area contributed by atoms with Crippen LogP contribution in [-0.4, -0.2) is 19.6 Å². The summed E-state index contributed by atoms with van der Waals surface area (Å²) >= 11 is 1.65. The van der Waals surface area contributed by atoms with Crippen LogP contribution < -0.4 is 0 Å². The molecule has 3 heterocycles. The van der Waals surface area contributed by atoms with Crippen molar-refractivity contribution in [3.05, 3.63) is 46.9 Å². The molecule has 0 unspecified atom stereocenters. The minimum absolute atomic E-state index is 0.747. The third kappa shape index (κ3) is 1.55. The summed E-state index contributed by atoms with van der Waals surface area (Å²) in [7, 11) is 0. The van der Waals surface area contributed by atoms with Gasteiger partial charge < -0.3 is 0 Å². The average molecular weight is 266 g/mol. The Morgan fingerprint density at radius 2 is 2.16 bits per heavy atom. The number of aromatic nitrogens is 4. The second kappa shape index (κ2) is 3.86. The number of benzene rings is 1. The summed E-state index contributed by atoms with van der Waals surface area (Å²) in [5.74, 6) is 0.747. The lowest BCUT2D eigenvalue weighted by Gasteiger charge is -2.00. The van der Waals surface area contributed by atoms with Crippen LogP contribution in [0.2, 0.25) is 0 Å². The molecule has 0 aliphatic rings. The summed E-state index contributed by atoms with van der Waals surface area (Å²) < 4.78 is 1.74. The predicted octanol–water partition coefficient (Wildman–Crippen LogP) is 3.31. The molecule has 0 spiro atoms. The first kappa shape index (κ1) is 10.6. The number of hydrogen-bond donors (Lipinski definition) is 0. The van der Waals surface area contributed by atoms with Crippen LogP contribution in [-0.2, 0) is 0 Å². The van der Waals surface area contributed by atoms with Crippen LogP contribution in [0.3, 0.4) is 0 Å². The number of para-hydroxylation sites is 1.